The minimum absolute atomic E-state index is 0.346. The maximum Gasteiger partial charge on any atom is 0.338 e. The third-order valence-corrected chi connectivity index (χ3v) is 2.81. The maximum atomic E-state index is 11.6. The van der Waals surface area contributed by atoms with E-state index in [4.69, 9.17) is 14.7 Å². The lowest BCUT2D eigenvalue weighted by Crippen LogP contribution is -2.04. The van der Waals surface area contributed by atoms with Gasteiger partial charge in [0.05, 0.1) is 25.5 Å². The number of benzene rings is 1. The molecule has 20 heavy (non-hydrogen) atoms. The van der Waals surface area contributed by atoms with Crippen molar-refractivity contribution < 1.29 is 14.3 Å². The molecule has 1 heterocycles. The zero-order valence-electron chi connectivity index (χ0n) is 11.3. The van der Waals surface area contributed by atoms with Crippen LogP contribution in [-0.2, 0) is 4.74 Å². The summed E-state index contributed by atoms with van der Waals surface area (Å²) in [5.74, 6) is 0.170. The molecule has 0 saturated carbocycles. The van der Waals surface area contributed by atoms with Crippen LogP contribution >= 0.6 is 0 Å². The lowest BCUT2D eigenvalue weighted by molar-refractivity contribution is 0.0526. The van der Waals surface area contributed by atoms with Gasteiger partial charge >= 0.3 is 5.97 Å². The van der Waals surface area contributed by atoms with Gasteiger partial charge in [-0.25, -0.2) is 4.79 Å². The summed E-state index contributed by atoms with van der Waals surface area (Å²) >= 11 is 0. The predicted octanol–water partition coefficient (Wildman–Crippen LogP) is 2.53. The van der Waals surface area contributed by atoms with Crippen LogP contribution in [0.25, 0.3) is 5.69 Å². The highest BCUT2D eigenvalue weighted by molar-refractivity contribution is 5.89. The first-order valence-electron chi connectivity index (χ1n) is 6.13. The summed E-state index contributed by atoms with van der Waals surface area (Å²) in [5, 5.41) is 8.98. The second-order valence-electron chi connectivity index (χ2n) is 4.03. The molecular weight excluding hydrogens is 256 g/mol. The van der Waals surface area contributed by atoms with Crippen molar-refractivity contribution in [1.29, 1.82) is 5.26 Å². The number of aromatic nitrogens is 1. The zero-order chi connectivity index (χ0) is 14.5. The van der Waals surface area contributed by atoms with Gasteiger partial charge in [0.15, 0.2) is 5.75 Å². The minimum Gasteiger partial charge on any atom is -0.494 e. The smallest absolute Gasteiger partial charge is 0.338 e. The number of methoxy groups -OCH3 is 1. The number of carbonyl (C=O) groups is 1. The van der Waals surface area contributed by atoms with E-state index in [0.29, 0.717) is 23.5 Å². The highest BCUT2D eigenvalue weighted by atomic mass is 16.5. The molecule has 5 heteroatoms. The number of nitriles is 1. The van der Waals surface area contributed by atoms with E-state index in [2.05, 4.69) is 6.07 Å². The van der Waals surface area contributed by atoms with Crippen molar-refractivity contribution in [2.45, 2.75) is 6.92 Å². The predicted molar refractivity (Wildman–Crippen MR) is 73.0 cm³/mol. The third kappa shape index (κ3) is 2.64. The van der Waals surface area contributed by atoms with Crippen LogP contribution in [0.3, 0.4) is 0 Å². The van der Waals surface area contributed by atoms with Gasteiger partial charge in [-0.2, -0.15) is 5.26 Å². The molecule has 1 aromatic carbocycles. The fourth-order valence-electron chi connectivity index (χ4n) is 1.82. The summed E-state index contributed by atoms with van der Waals surface area (Å²) in [6.07, 6.45) is 3.40. The Morgan fingerprint density at radius 2 is 2.00 bits per heavy atom. The minimum atomic E-state index is -0.346. The van der Waals surface area contributed by atoms with Crippen molar-refractivity contribution in [1.82, 2.24) is 4.57 Å². The van der Waals surface area contributed by atoms with Gasteiger partial charge in [0.25, 0.3) is 0 Å². The molecule has 1 aromatic heterocycles. The zero-order valence-corrected chi connectivity index (χ0v) is 11.3. The molecule has 0 aliphatic heterocycles. The van der Waals surface area contributed by atoms with Crippen LogP contribution in [0, 0.1) is 11.3 Å². The number of carbonyl (C=O) groups excluding carboxylic acids is 1. The summed E-state index contributed by atoms with van der Waals surface area (Å²) in [6.45, 7) is 2.11. The first-order chi connectivity index (χ1) is 9.69. The van der Waals surface area contributed by atoms with E-state index >= 15 is 0 Å². The van der Waals surface area contributed by atoms with Crippen molar-refractivity contribution in [3.63, 3.8) is 0 Å². The lowest BCUT2D eigenvalue weighted by atomic mass is 10.2. The van der Waals surface area contributed by atoms with Gasteiger partial charge in [-0.15, -0.1) is 0 Å². The second kappa shape index (κ2) is 5.93. The number of hydrogen-bond acceptors (Lipinski definition) is 4. The standard InChI is InChI=1S/C15H14N2O3/c1-3-20-15(18)11-4-6-13(7-5-11)17-9-12(8-16)14(10-17)19-2/h4-7,9-10H,3H2,1-2H3. The molecule has 0 unspecified atom stereocenters. The average Bonchev–Trinajstić information content (AvgIpc) is 2.91. The molecule has 0 N–H and O–H groups in total. The molecule has 0 radical (unpaired) electrons. The quantitative estimate of drug-likeness (QED) is 0.801. The molecule has 2 rings (SSSR count). The highest BCUT2D eigenvalue weighted by Gasteiger charge is 2.09. The topological polar surface area (TPSA) is 64.2 Å². The van der Waals surface area contributed by atoms with Crippen LogP contribution in [0.2, 0.25) is 0 Å². The molecule has 5 nitrogen and oxygen atoms in total. The first-order valence-corrected chi connectivity index (χ1v) is 6.13. The van der Waals surface area contributed by atoms with Crippen LogP contribution in [0.15, 0.2) is 36.7 Å². The molecule has 0 saturated heterocycles. The van der Waals surface area contributed by atoms with Crippen LogP contribution < -0.4 is 4.74 Å². The van der Waals surface area contributed by atoms with Crippen LogP contribution in [0.1, 0.15) is 22.8 Å². The summed E-state index contributed by atoms with van der Waals surface area (Å²) in [6, 6.07) is 9.00. The van der Waals surface area contributed by atoms with Crippen molar-refractivity contribution in [2.75, 3.05) is 13.7 Å². The van der Waals surface area contributed by atoms with Crippen LogP contribution in [-0.4, -0.2) is 24.3 Å². The van der Waals surface area contributed by atoms with E-state index in [1.165, 1.54) is 7.11 Å². The van der Waals surface area contributed by atoms with Gasteiger partial charge in [0, 0.05) is 11.9 Å². The Bertz CT molecular complexity index is 651. The van der Waals surface area contributed by atoms with Gasteiger partial charge in [-0.3, -0.25) is 0 Å². The van der Waals surface area contributed by atoms with Gasteiger partial charge in [0.1, 0.15) is 11.6 Å². The molecule has 0 amide bonds. The number of rotatable bonds is 4. The maximum absolute atomic E-state index is 11.6. The molecular formula is C15H14N2O3. The molecule has 0 aliphatic rings. The Labute approximate surface area is 117 Å². The summed E-state index contributed by atoms with van der Waals surface area (Å²) in [4.78, 5) is 11.6. The van der Waals surface area contributed by atoms with E-state index < -0.39 is 0 Å². The second-order valence-corrected chi connectivity index (χ2v) is 4.03. The summed E-state index contributed by atoms with van der Waals surface area (Å²) in [7, 11) is 1.52. The van der Waals surface area contributed by atoms with Crippen molar-refractivity contribution in [3.8, 4) is 17.5 Å². The normalized spacial score (nSPS) is 9.85. The Balaban J connectivity index is 2.28. The SMILES string of the molecule is CCOC(=O)c1ccc(-n2cc(C#N)c(OC)c2)cc1. The number of hydrogen-bond donors (Lipinski definition) is 0. The van der Waals surface area contributed by atoms with E-state index in [1.807, 2.05) is 0 Å². The Morgan fingerprint density at radius 3 is 2.50 bits per heavy atom. The molecule has 0 aliphatic carbocycles. The highest BCUT2D eigenvalue weighted by Crippen LogP contribution is 2.22. The molecule has 0 fully saturated rings. The molecule has 0 bridgehead atoms. The van der Waals surface area contributed by atoms with Crippen LogP contribution in [0.4, 0.5) is 0 Å². The van der Waals surface area contributed by atoms with Gasteiger partial charge in [-0.05, 0) is 31.2 Å². The lowest BCUT2D eigenvalue weighted by Gasteiger charge is -2.05. The molecule has 0 atom stereocenters. The van der Waals surface area contributed by atoms with E-state index in [1.54, 1.807) is 48.1 Å². The summed E-state index contributed by atoms with van der Waals surface area (Å²) < 4.78 is 11.8. The van der Waals surface area contributed by atoms with E-state index in [-0.39, 0.29) is 5.97 Å². The number of esters is 1. The fourth-order valence-corrected chi connectivity index (χ4v) is 1.82. The number of nitrogens with zero attached hydrogens (tertiary/aromatic N) is 2. The van der Waals surface area contributed by atoms with Gasteiger partial charge in [0.2, 0.25) is 0 Å². The summed E-state index contributed by atoms with van der Waals surface area (Å²) in [5.41, 5.74) is 1.79. The number of ether oxygens (including phenoxy) is 2. The molecule has 2 aromatic rings. The third-order valence-electron chi connectivity index (χ3n) is 2.81. The first kappa shape index (κ1) is 13.7. The van der Waals surface area contributed by atoms with Crippen molar-refractivity contribution in [3.05, 3.63) is 47.8 Å². The van der Waals surface area contributed by atoms with Crippen molar-refractivity contribution in [2.24, 2.45) is 0 Å². The Morgan fingerprint density at radius 1 is 1.30 bits per heavy atom. The molecule has 102 valence electrons. The van der Waals surface area contributed by atoms with Crippen LogP contribution in [0.5, 0.6) is 5.75 Å². The van der Waals surface area contributed by atoms with Gasteiger partial charge < -0.3 is 14.0 Å². The Kier molecular flexibility index (Phi) is 4.06. The average molecular weight is 270 g/mol. The van der Waals surface area contributed by atoms with Crippen molar-refractivity contribution >= 4 is 5.97 Å². The molecule has 0 spiro atoms. The largest absolute Gasteiger partial charge is 0.494 e. The van der Waals surface area contributed by atoms with E-state index in [9.17, 15) is 4.79 Å². The van der Waals surface area contributed by atoms with E-state index in [0.717, 1.165) is 5.69 Å². The fraction of sp³-hybridized carbons (Fsp3) is 0.200. The van der Waals surface area contributed by atoms with Gasteiger partial charge in [-0.1, -0.05) is 0 Å². The monoisotopic (exact) mass is 270 g/mol. The Hall–Kier alpha value is -2.74.